The summed E-state index contributed by atoms with van der Waals surface area (Å²) in [5, 5.41) is 21.1. The number of β-amino-alcohol motifs (C(OH)–C–C–N with tert-alkyl or cyclic N) is 1. The number of amides is 2. The second-order valence-electron chi connectivity index (χ2n) is 4.41. The second-order valence-corrected chi connectivity index (χ2v) is 4.41. The fourth-order valence-corrected chi connectivity index (χ4v) is 1.90. The van der Waals surface area contributed by atoms with Gasteiger partial charge in [-0.2, -0.15) is 0 Å². The first-order valence-electron chi connectivity index (χ1n) is 6.01. The van der Waals surface area contributed by atoms with Crippen molar-refractivity contribution in [3.63, 3.8) is 0 Å². The van der Waals surface area contributed by atoms with E-state index in [2.05, 4.69) is 5.32 Å². The number of carbonyl (C=O) groups is 2. The molecule has 0 aromatic heterocycles. The summed E-state index contributed by atoms with van der Waals surface area (Å²) in [5.41, 5.74) is 0. The average molecular weight is 260 g/mol. The van der Waals surface area contributed by atoms with E-state index >= 15 is 0 Å². The molecule has 0 saturated carbocycles. The molecule has 0 aliphatic carbocycles. The van der Waals surface area contributed by atoms with Gasteiger partial charge < -0.3 is 25.2 Å². The summed E-state index contributed by atoms with van der Waals surface area (Å²) < 4.78 is 5.16. The van der Waals surface area contributed by atoms with Gasteiger partial charge in [-0.1, -0.05) is 0 Å². The molecule has 18 heavy (non-hydrogen) atoms. The molecule has 7 nitrogen and oxygen atoms in total. The molecule has 0 aromatic rings. The second kappa shape index (κ2) is 6.55. The first-order chi connectivity index (χ1) is 8.45. The molecule has 104 valence electrons. The van der Waals surface area contributed by atoms with Crippen molar-refractivity contribution in [1.29, 1.82) is 0 Å². The lowest BCUT2D eigenvalue weighted by Crippen LogP contribution is -2.49. The number of carbonyl (C=O) groups excluding carboxylic acids is 1. The third kappa shape index (κ3) is 3.85. The number of urea groups is 1. The van der Waals surface area contributed by atoms with E-state index in [-0.39, 0.29) is 19.0 Å². The van der Waals surface area contributed by atoms with Crippen LogP contribution < -0.4 is 5.32 Å². The molecule has 1 aliphatic heterocycles. The minimum atomic E-state index is -1.10. The summed E-state index contributed by atoms with van der Waals surface area (Å²) in [4.78, 5) is 24.0. The van der Waals surface area contributed by atoms with Crippen molar-refractivity contribution >= 4 is 12.0 Å². The number of carboxylic acid groups (broad SMARTS) is 1. The Labute approximate surface area is 106 Å². The largest absolute Gasteiger partial charge is 0.480 e. The molecule has 1 aliphatic rings. The van der Waals surface area contributed by atoms with Gasteiger partial charge in [-0.15, -0.1) is 0 Å². The molecule has 0 spiro atoms. The van der Waals surface area contributed by atoms with Crippen LogP contribution in [0.25, 0.3) is 0 Å². The van der Waals surface area contributed by atoms with Crippen LogP contribution in [0.3, 0.4) is 0 Å². The van der Waals surface area contributed by atoms with E-state index < -0.39 is 24.1 Å². The highest BCUT2D eigenvalue weighted by Crippen LogP contribution is 2.18. The Bertz CT molecular complexity index is 310. The van der Waals surface area contributed by atoms with Gasteiger partial charge in [0.1, 0.15) is 6.04 Å². The van der Waals surface area contributed by atoms with Crippen molar-refractivity contribution in [2.24, 2.45) is 0 Å². The summed E-state index contributed by atoms with van der Waals surface area (Å²) in [6, 6.07) is -1.64. The lowest BCUT2D eigenvalue weighted by Gasteiger charge is -2.24. The Hall–Kier alpha value is -1.34. The van der Waals surface area contributed by atoms with E-state index in [1.54, 1.807) is 6.92 Å². The van der Waals surface area contributed by atoms with Crippen LogP contribution in [0, 0.1) is 0 Å². The Kier molecular flexibility index (Phi) is 5.36. The molecular weight excluding hydrogens is 240 g/mol. The monoisotopic (exact) mass is 260 g/mol. The third-order valence-corrected chi connectivity index (χ3v) is 2.77. The topological polar surface area (TPSA) is 99.1 Å². The summed E-state index contributed by atoms with van der Waals surface area (Å²) in [5.74, 6) is -1.10. The highest BCUT2D eigenvalue weighted by atomic mass is 16.5. The van der Waals surface area contributed by atoms with Crippen molar-refractivity contribution < 1.29 is 24.5 Å². The van der Waals surface area contributed by atoms with Gasteiger partial charge in [0.2, 0.25) is 0 Å². The predicted octanol–water partition coefficient (Wildman–Crippen LogP) is -0.359. The van der Waals surface area contributed by atoms with Crippen molar-refractivity contribution in [3.8, 4) is 0 Å². The van der Waals surface area contributed by atoms with Crippen molar-refractivity contribution in [3.05, 3.63) is 0 Å². The molecule has 1 saturated heterocycles. The third-order valence-electron chi connectivity index (χ3n) is 2.77. The van der Waals surface area contributed by atoms with Crippen LogP contribution in [-0.2, 0) is 9.53 Å². The Morgan fingerprint density at radius 3 is 2.78 bits per heavy atom. The number of carboxylic acids is 1. The molecular formula is C11H20N2O5. The predicted molar refractivity (Wildman–Crippen MR) is 63.2 cm³/mol. The smallest absolute Gasteiger partial charge is 0.326 e. The standard InChI is InChI=1S/C11H20N2O5/c1-3-18-6-7(2)12-11(17)13-5-8(14)4-9(13)10(15)16/h7-9,14H,3-6H2,1-2H3,(H,12,17)(H,15,16)/t7?,8?,9-/m0/s1. The summed E-state index contributed by atoms with van der Waals surface area (Å²) in [7, 11) is 0. The van der Waals surface area contributed by atoms with Gasteiger partial charge in [0.05, 0.1) is 18.8 Å². The van der Waals surface area contributed by atoms with Crippen LogP contribution in [0.5, 0.6) is 0 Å². The Morgan fingerprint density at radius 2 is 2.22 bits per heavy atom. The normalized spacial score (nSPS) is 24.9. The molecule has 1 fully saturated rings. The van der Waals surface area contributed by atoms with Gasteiger partial charge in [-0.05, 0) is 13.8 Å². The van der Waals surface area contributed by atoms with E-state index in [0.29, 0.717) is 13.2 Å². The molecule has 0 bridgehead atoms. The van der Waals surface area contributed by atoms with Gasteiger partial charge in [0.15, 0.2) is 0 Å². The lowest BCUT2D eigenvalue weighted by atomic mass is 10.2. The maximum absolute atomic E-state index is 11.9. The summed E-state index contributed by atoms with van der Waals surface area (Å²) in [6.07, 6.45) is -0.707. The van der Waals surface area contributed by atoms with Gasteiger partial charge in [0.25, 0.3) is 0 Å². The first-order valence-corrected chi connectivity index (χ1v) is 6.01. The number of aliphatic hydroxyl groups is 1. The minimum absolute atomic E-state index is 0.0458. The fraction of sp³-hybridized carbons (Fsp3) is 0.818. The Balaban J connectivity index is 2.52. The van der Waals surface area contributed by atoms with Gasteiger partial charge >= 0.3 is 12.0 Å². The number of ether oxygens (including phenoxy) is 1. The van der Waals surface area contributed by atoms with Crippen molar-refractivity contribution in [2.75, 3.05) is 19.8 Å². The SMILES string of the molecule is CCOCC(C)NC(=O)N1CC(O)C[C@H]1C(=O)O. The van der Waals surface area contributed by atoms with Crippen molar-refractivity contribution in [1.82, 2.24) is 10.2 Å². The summed E-state index contributed by atoms with van der Waals surface area (Å²) >= 11 is 0. The van der Waals surface area contributed by atoms with Gasteiger partial charge in [-0.25, -0.2) is 9.59 Å². The van der Waals surface area contributed by atoms with Gasteiger partial charge in [-0.3, -0.25) is 0 Å². The van der Waals surface area contributed by atoms with Crippen LogP contribution in [0.15, 0.2) is 0 Å². The number of hydrogen-bond acceptors (Lipinski definition) is 4. The molecule has 0 radical (unpaired) electrons. The lowest BCUT2D eigenvalue weighted by molar-refractivity contribution is -0.141. The molecule has 3 N–H and O–H groups in total. The molecule has 7 heteroatoms. The van der Waals surface area contributed by atoms with E-state index in [1.165, 1.54) is 0 Å². The highest BCUT2D eigenvalue weighted by Gasteiger charge is 2.39. The number of nitrogens with one attached hydrogen (secondary N) is 1. The number of aliphatic carboxylic acids is 1. The molecule has 0 aromatic carbocycles. The van der Waals surface area contributed by atoms with E-state index in [4.69, 9.17) is 9.84 Å². The van der Waals surface area contributed by atoms with Crippen LogP contribution in [0.1, 0.15) is 20.3 Å². The number of hydrogen-bond donors (Lipinski definition) is 3. The van der Waals surface area contributed by atoms with E-state index in [9.17, 15) is 14.7 Å². The Morgan fingerprint density at radius 1 is 1.56 bits per heavy atom. The molecule has 2 unspecified atom stereocenters. The fourth-order valence-electron chi connectivity index (χ4n) is 1.90. The number of aliphatic hydroxyl groups excluding tert-OH is 1. The maximum atomic E-state index is 11.9. The van der Waals surface area contributed by atoms with Crippen LogP contribution >= 0.6 is 0 Å². The molecule has 2 amide bonds. The van der Waals surface area contributed by atoms with E-state index in [0.717, 1.165) is 4.90 Å². The summed E-state index contributed by atoms with van der Waals surface area (Å²) in [6.45, 7) is 4.60. The number of likely N-dealkylation sites (tertiary alicyclic amines) is 1. The minimum Gasteiger partial charge on any atom is -0.480 e. The first kappa shape index (κ1) is 14.7. The molecule has 1 rings (SSSR count). The molecule has 1 heterocycles. The van der Waals surface area contributed by atoms with Gasteiger partial charge in [0, 0.05) is 19.6 Å². The van der Waals surface area contributed by atoms with Crippen LogP contribution in [-0.4, -0.2) is 65.1 Å². The van der Waals surface area contributed by atoms with Crippen LogP contribution in [0.2, 0.25) is 0 Å². The van der Waals surface area contributed by atoms with Crippen LogP contribution in [0.4, 0.5) is 4.79 Å². The number of nitrogens with zero attached hydrogens (tertiary/aromatic N) is 1. The average Bonchev–Trinajstić information content (AvgIpc) is 2.69. The zero-order chi connectivity index (χ0) is 13.7. The number of rotatable bonds is 5. The van der Waals surface area contributed by atoms with Crippen molar-refractivity contribution in [2.45, 2.75) is 38.5 Å². The maximum Gasteiger partial charge on any atom is 0.326 e. The quantitative estimate of drug-likeness (QED) is 0.627. The van der Waals surface area contributed by atoms with E-state index in [1.807, 2.05) is 6.92 Å². The zero-order valence-corrected chi connectivity index (χ0v) is 10.6. The molecule has 3 atom stereocenters. The zero-order valence-electron chi connectivity index (χ0n) is 10.6. The highest BCUT2D eigenvalue weighted by molar-refractivity contribution is 5.83.